The van der Waals surface area contributed by atoms with Crippen LogP contribution in [0, 0.1) is 0 Å². The van der Waals surface area contributed by atoms with Crippen molar-refractivity contribution in [1.82, 2.24) is 0 Å². The second-order valence-electron chi connectivity index (χ2n) is 2.47. The minimum atomic E-state index is -1.44. The topological polar surface area (TPSA) is 46.5 Å². The molecule has 0 bridgehead atoms. The number of carbonyl (C=O) groups is 1. The van der Waals surface area contributed by atoms with Gasteiger partial charge in [0.05, 0.1) is 0 Å². The first-order valence-corrected chi connectivity index (χ1v) is 4.43. The van der Waals surface area contributed by atoms with Gasteiger partial charge >= 0.3 is 5.97 Å². The lowest BCUT2D eigenvalue weighted by atomic mass is 10.1. The van der Waals surface area contributed by atoms with Crippen molar-refractivity contribution in [2.75, 3.05) is 7.11 Å². The highest BCUT2D eigenvalue weighted by atomic mass is 79.9. The molecule has 0 aromatic heterocycles. The van der Waals surface area contributed by atoms with Crippen molar-refractivity contribution in [3.63, 3.8) is 0 Å². The lowest BCUT2D eigenvalue weighted by molar-refractivity contribution is -0.151. The molecular weight excluding hydrogens is 236 g/mol. The largest absolute Gasteiger partial charge is 0.478 e. The number of rotatable bonds is 3. The number of hydrogen-bond acceptors (Lipinski definition) is 2. The van der Waals surface area contributed by atoms with Crippen LogP contribution in [-0.4, -0.2) is 18.2 Å². The first-order valence-electron chi connectivity index (χ1n) is 3.64. The van der Waals surface area contributed by atoms with Crippen LogP contribution in [0.5, 0.6) is 0 Å². The Morgan fingerprint density at radius 2 is 2.00 bits per heavy atom. The van der Waals surface area contributed by atoms with Crippen molar-refractivity contribution in [2.45, 2.75) is 4.51 Å². The summed E-state index contributed by atoms with van der Waals surface area (Å²) in [7, 11) is 1.34. The molecule has 1 atom stereocenters. The summed E-state index contributed by atoms with van der Waals surface area (Å²) in [5.74, 6) is -1.07. The van der Waals surface area contributed by atoms with Gasteiger partial charge in [-0.15, -0.1) is 0 Å². The molecule has 1 aromatic carbocycles. The van der Waals surface area contributed by atoms with E-state index in [0.29, 0.717) is 5.56 Å². The Hall–Kier alpha value is -0.870. The van der Waals surface area contributed by atoms with Crippen molar-refractivity contribution in [2.24, 2.45) is 0 Å². The van der Waals surface area contributed by atoms with Gasteiger partial charge in [0.2, 0.25) is 4.51 Å². The van der Waals surface area contributed by atoms with Gasteiger partial charge in [-0.1, -0.05) is 30.3 Å². The van der Waals surface area contributed by atoms with Gasteiger partial charge in [-0.25, -0.2) is 4.79 Å². The third-order valence-corrected chi connectivity index (χ3v) is 2.82. The number of carboxylic acids is 1. The van der Waals surface area contributed by atoms with Crippen molar-refractivity contribution >= 4 is 21.9 Å². The third-order valence-electron chi connectivity index (χ3n) is 1.70. The Labute approximate surface area is 84.5 Å². The zero-order chi connectivity index (χ0) is 9.90. The number of hydrogen-bond donors (Lipinski definition) is 1. The summed E-state index contributed by atoms with van der Waals surface area (Å²) in [6.07, 6.45) is 0. The molecule has 1 unspecified atom stereocenters. The number of aliphatic carboxylic acids is 1. The minimum absolute atomic E-state index is 0.560. The Kier molecular flexibility index (Phi) is 3.06. The molecule has 0 heterocycles. The molecule has 0 spiro atoms. The fraction of sp³-hybridized carbons (Fsp3) is 0.222. The molecule has 0 amide bonds. The van der Waals surface area contributed by atoms with E-state index in [1.54, 1.807) is 24.3 Å². The molecule has 3 nitrogen and oxygen atoms in total. The normalized spacial score (nSPS) is 14.9. The van der Waals surface area contributed by atoms with Crippen molar-refractivity contribution < 1.29 is 14.6 Å². The molecule has 1 N–H and O–H groups in total. The standard InChI is InChI=1S/C9H9BrO3/c1-13-9(10,8(11)12)7-5-3-2-4-6-7/h2-6H,1H3,(H,11,12). The van der Waals surface area contributed by atoms with Crippen molar-refractivity contribution in [1.29, 1.82) is 0 Å². The highest BCUT2D eigenvalue weighted by molar-refractivity contribution is 9.10. The first kappa shape index (κ1) is 10.2. The number of halogens is 1. The number of alkyl halides is 1. The lowest BCUT2D eigenvalue weighted by Crippen LogP contribution is -2.30. The monoisotopic (exact) mass is 244 g/mol. The van der Waals surface area contributed by atoms with Gasteiger partial charge in [-0.05, 0) is 15.9 Å². The number of benzene rings is 1. The predicted molar refractivity (Wildman–Crippen MR) is 51.7 cm³/mol. The van der Waals surface area contributed by atoms with E-state index in [2.05, 4.69) is 15.9 Å². The molecule has 0 aliphatic heterocycles. The molecule has 0 aliphatic carbocycles. The highest BCUT2D eigenvalue weighted by Gasteiger charge is 2.37. The molecule has 0 fully saturated rings. The van der Waals surface area contributed by atoms with Crippen LogP contribution in [0.3, 0.4) is 0 Å². The van der Waals surface area contributed by atoms with E-state index in [-0.39, 0.29) is 0 Å². The molecule has 13 heavy (non-hydrogen) atoms. The molecule has 0 radical (unpaired) electrons. The van der Waals surface area contributed by atoms with Crippen LogP contribution in [0.15, 0.2) is 30.3 Å². The second kappa shape index (κ2) is 3.89. The van der Waals surface area contributed by atoms with Crippen LogP contribution in [0.25, 0.3) is 0 Å². The van der Waals surface area contributed by atoms with Gasteiger partial charge in [-0.3, -0.25) is 0 Å². The summed E-state index contributed by atoms with van der Waals surface area (Å²) in [5.41, 5.74) is 0.560. The first-order chi connectivity index (χ1) is 6.11. The molecule has 70 valence electrons. The average Bonchev–Trinajstić information content (AvgIpc) is 2.17. The summed E-state index contributed by atoms with van der Waals surface area (Å²) >= 11 is 3.04. The fourth-order valence-electron chi connectivity index (χ4n) is 0.981. The van der Waals surface area contributed by atoms with Gasteiger partial charge in [0.25, 0.3) is 0 Å². The molecule has 4 heteroatoms. The van der Waals surface area contributed by atoms with Crippen LogP contribution < -0.4 is 0 Å². The highest BCUT2D eigenvalue weighted by Crippen LogP contribution is 2.31. The van der Waals surface area contributed by atoms with E-state index < -0.39 is 10.5 Å². The maximum absolute atomic E-state index is 10.9. The quantitative estimate of drug-likeness (QED) is 0.828. The van der Waals surface area contributed by atoms with Crippen LogP contribution in [-0.2, 0) is 14.0 Å². The molecule has 0 aliphatic rings. The Morgan fingerprint density at radius 1 is 1.46 bits per heavy atom. The number of carboxylic acid groups (broad SMARTS) is 1. The average molecular weight is 245 g/mol. The molecule has 1 rings (SSSR count). The van der Waals surface area contributed by atoms with Crippen LogP contribution in [0.1, 0.15) is 5.56 Å². The summed E-state index contributed by atoms with van der Waals surface area (Å²) in [6, 6.07) is 8.70. The van der Waals surface area contributed by atoms with Gasteiger partial charge < -0.3 is 9.84 Å². The van der Waals surface area contributed by atoms with Crippen molar-refractivity contribution in [3.05, 3.63) is 35.9 Å². The smallest absolute Gasteiger partial charge is 0.352 e. The van der Waals surface area contributed by atoms with Crippen LogP contribution in [0.4, 0.5) is 0 Å². The SMILES string of the molecule is COC(Br)(C(=O)O)c1ccccc1. The maximum Gasteiger partial charge on any atom is 0.352 e. The van der Waals surface area contributed by atoms with E-state index in [1.807, 2.05) is 6.07 Å². The van der Waals surface area contributed by atoms with Gasteiger partial charge in [-0.2, -0.15) is 0 Å². The predicted octanol–water partition coefficient (Wildman–Crippen LogP) is 1.97. The fourth-order valence-corrected chi connectivity index (χ4v) is 1.25. The second-order valence-corrected chi connectivity index (χ2v) is 3.59. The van der Waals surface area contributed by atoms with E-state index in [1.165, 1.54) is 7.11 Å². The zero-order valence-electron chi connectivity index (χ0n) is 7.03. The van der Waals surface area contributed by atoms with E-state index in [0.717, 1.165) is 0 Å². The van der Waals surface area contributed by atoms with Crippen molar-refractivity contribution in [3.8, 4) is 0 Å². The summed E-state index contributed by atoms with van der Waals surface area (Å²) in [4.78, 5) is 10.9. The zero-order valence-corrected chi connectivity index (χ0v) is 8.61. The van der Waals surface area contributed by atoms with Crippen LogP contribution >= 0.6 is 15.9 Å². The van der Waals surface area contributed by atoms with E-state index in [9.17, 15) is 4.79 Å². The number of ether oxygens (including phenoxy) is 1. The molecule has 1 aromatic rings. The van der Waals surface area contributed by atoms with Gasteiger partial charge in [0, 0.05) is 12.7 Å². The molecular formula is C9H9BrO3. The van der Waals surface area contributed by atoms with E-state index in [4.69, 9.17) is 9.84 Å². The van der Waals surface area contributed by atoms with Gasteiger partial charge in [0.1, 0.15) is 0 Å². The summed E-state index contributed by atoms with van der Waals surface area (Å²) < 4.78 is 3.47. The Balaban J connectivity index is 3.11. The van der Waals surface area contributed by atoms with E-state index >= 15 is 0 Å². The lowest BCUT2D eigenvalue weighted by Gasteiger charge is -2.20. The van der Waals surface area contributed by atoms with Gasteiger partial charge in [0.15, 0.2) is 0 Å². The van der Waals surface area contributed by atoms with Crippen LogP contribution in [0.2, 0.25) is 0 Å². The summed E-state index contributed by atoms with van der Waals surface area (Å²) in [5, 5.41) is 8.91. The summed E-state index contributed by atoms with van der Waals surface area (Å²) in [6.45, 7) is 0. The Morgan fingerprint density at radius 3 is 2.38 bits per heavy atom. The maximum atomic E-state index is 10.9. The minimum Gasteiger partial charge on any atom is -0.478 e. The number of methoxy groups -OCH3 is 1. The molecule has 0 saturated carbocycles. The Bertz CT molecular complexity index is 299. The third kappa shape index (κ3) is 1.89. The molecule has 0 saturated heterocycles.